The molecule has 0 aliphatic heterocycles. The molecule has 0 radical (unpaired) electrons. The molecule has 0 unspecified atom stereocenters. The summed E-state index contributed by atoms with van der Waals surface area (Å²) in [4.78, 5) is 16.2. The molecule has 0 saturated heterocycles. The van der Waals surface area contributed by atoms with Crippen LogP contribution in [0.25, 0.3) is 10.9 Å². The van der Waals surface area contributed by atoms with Crippen molar-refractivity contribution < 1.29 is 14.3 Å². The summed E-state index contributed by atoms with van der Waals surface area (Å²) in [6.45, 7) is 5.85. The second-order valence-electron chi connectivity index (χ2n) is 4.03. The van der Waals surface area contributed by atoms with E-state index in [2.05, 4.69) is 11.6 Å². The standard InChI is InChI=1S/C15H15NO3/c1-3-18-8-9-19-15(17)13-6-7-14-12(10-13)5-4-11(2)16-14/h3-7,10H,1,8-9H2,2H3. The number of hydrogen-bond acceptors (Lipinski definition) is 4. The highest BCUT2D eigenvalue weighted by Crippen LogP contribution is 2.15. The molecule has 4 nitrogen and oxygen atoms in total. The van der Waals surface area contributed by atoms with Crippen LogP contribution in [-0.4, -0.2) is 24.2 Å². The lowest BCUT2D eigenvalue weighted by Crippen LogP contribution is -2.09. The third-order valence-electron chi connectivity index (χ3n) is 2.62. The van der Waals surface area contributed by atoms with E-state index in [9.17, 15) is 4.79 Å². The van der Waals surface area contributed by atoms with Gasteiger partial charge in [-0.25, -0.2) is 4.79 Å². The van der Waals surface area contributed by atoms with Crippen molar-refractivity contribution in [2.45, 2.75) is 6.92 Å². The lowest BCUT2D eigenvalue weighted by Gasteiger charge is -2.05. The van der Waals surface area contributed by atoms with Gasteiger partial charge in [-0.2, -0.15) is 0 Å². The minimum Gasteiger partial charge on any atom is -0.498 e. The van der Waals surface area contributed by atoms with Crippen LogP contribution in [0.2, 0.25) is 0 Å². The average molecular weight is 257 g/mol. The number of hydrogen-bond donors (Lipinski definition) is 0. The molecule has 1 aromatic carbocycles. The Kier molecular flexibility index (Phi) is 4.13. The monoisotopic (exact) mass is 257 g/mol. The second kappa shape index (κ2) is 6.00. The van der Waals surface area contributed by atoms with Crippen LogP contribution in [0, 0.1) is 6.92 Å². The Hall–Kier alpha value is -2.36. The number of benzene rings is 1. The summed E-state index contributed by atoms with van der Waals surface area (Å²) in [5.74, 6) is -0.366. The number of carbonyl (C=O) groups is 1. The van der Waals surface area contributed by atoms with E-state index in [1.165, 1.54) is 6.26 Å². The SMILES string of the molecule is C=COCCOC(=O)c1ccc2nc(C)ccc2c1. The van der Waals surface area contributed by atoms with E-state index in [1.807, 2.05) is 25.1 Å². The molecule has 98 valence electrons. The van der Waals surface area contributed by atoms with Gasteiger partial charge in [-0.1, -0.05) is 12.6 Å². The van der Waals surface area contributed by atoms with E-state index in [0.717, 1.165) is 16.6 Å². The first kappa shape index (κ1) is 13.1. The number of rotatable bonds is 5. The first-order valence-corrected chi connectivity index (χ1v) is 5.98. The number of pyridine rings is 1. The number of ether oxygens (including phenoxy) is 2. The van der Waals surface area contributed by atoms with Gasteiger partial charge in [0.1, 0.15) is 13.2 Å². The molecule has 0 amide bonds. The van der Waals surface area contributed by atoms with E-state index in [1.54, 1.807) is 12.1 Å². The van der Waals surface area contributed by atoms with Gasteiger partial charge in [-0.15, -0.1) is 0 Å². The Morgan fingerprint density at radius 1 is 1.32 bits per heavy atom. The van der Waals surface area contributed by atoms with Crippen LogP contribution < -0.4 is 0 Å². The third-order valence-corrected chi connectivity index (χ3v) is 2.62. The molecule has 19 heavy (non-hydrogen) atoms. The first-order chi connectivity index (χ1) is 9.20. The van der Waals surface area contributed by atoms with Gasteiger partial charge in [0.25, 0.3) is 0 Å². The van der Waals surface area contributed by atoms with Gasteiger partial charge in [-0.3, -0.25) is 4.98 Å². The maximum absolute atomic E-state index is 11.8. The van der Waals surface area contributed by atoms with Crippen LogP contribution in [0.4, 0.5) is 0 Å². The van der Waals surface area contributed by atoms with Gasteiger partial charge in [0.15, 0.2) is 0 Å². The number of aromatic nitrogens is 1. The number of carbonyl (C=O) groups excluding carboxylic acids is 1. The van der Waals surface area contributed by atoms with Crippen molar-refractivity contribution in [1.29, 1.82) is 0 Å². The minimum absolute atomic E-state index is 0.203. The number of fused-ring (bicyclic) bond motifs is 1. The molecule has 4 heteroatoms. The average Bonchev–Trinajstić information content (AvgIpc) is 2.42. The Labute approximate surface area is 111 Å². The largest absolute Gasteiger partial charge is 0.498 e. The number of aryl methyl sites for hydroxylation is 1. The molecule has 0 saturated carbocycles. The van der Waals surface area contributed by atoms with Crippen molar-refractivity contribution in [1.82, 2.24) is 4.98 Å². The molecule has 0 fully saturated rings. The van der Waals surface area contributed by atoms with Crippen molar-refractivity contribution in [2.24, 2.45) is 0 Å². The highest BCUT2D eigenvalue weighted by Gasteiger charge is 2.08. The zero-order valence-corrected chi connectivity index (χ0v) is 10.8. The van der Waals surface area contributed by atoms with E-state index < -0.39 is 0 Å². The van der Waals surface area contributed by atoms with Crippen LogP contribution >= 0.6 is 0 Å². The van der Waals surface area contributed by atoms with E-state index in [0.29, 0.717) is 12.2 Å². The highest BCUT2D eigenvalue weighted by molar-refractivity contribution is 5.94. The molecule has 0 aliphatic rings. The maximum atomic E-state index is 11.8. The zero-order chi connectivity index (χ0) is 13.7. The quantitative estimate of drug-likeness (QED) is 0.469. The Balaban J connectivity index is 2.10. The molecule has 1 aromatic heterocycles. The fourth-order valence-electron chi connectivity index (χ4n) is 1.70. The lowest BCUT2D eigenvalue weighted by atomic mass is 10.1. The highest BCUT2D eigenvalue weighted by atomic mass is 16.6. The smallest absolute Gasteiger partial charge is 0.338 e. The molecule has 2 aromatic rings. The van der Waals surface area contributed by atoms with Crippen LogP contribution in [-0.2, 0) is 9.47 Å². The fourth-order valence-corrected chi connectivity index (χ4v) is 1.70. The predicted octanol–water partition coefficient (Wildman–Crippen LogP) is 2.86. The Morgan fingerprint density at radius 3 is 2.95 bits per heavy atom. The molecule has 1 heterocycles. The molecule has 0 aliphatic carbocycles. The third kappa shape index (κ3) is 3.31. The molecule has 0 atom stereocenters. The Morgan fingerprint density at radius 2 is 2.16 bits per heavy atom. The van der Waals surface area contributed by atoms with E-state index in [-0.39, 0.29) is 12.6 Å². The van der Waals surface area contributed by atoms with Gasteiger partial charge >= 0.3 is 5.97 Å². The molecule has 0 spiro atoms. The normalized spacial score (nSPS) is 10.2. The molecule has 2 rings (SSSR count). The maximum Gasteiger partial charge on any atom is 0.338 e. The summed E-state index contributed by atoms with van der Waals surface area (Å²) >= 11 is 0. The minimum atomic E-state index is -0.366. The second-order valence-corrected chi connectivity index (χ2v) is 4.03. The van der Waals surface area contributed by atoms with Gasteiger partial charge < -0.3 is 9.47 Å². The summed E-state index contributed by atoms with van der Waals surface area (Å²) in [5, 5.41) is 0.919. The van der Waals surface area contributed by atoms with Gasteiger partial charge in [0.2, 0.25) is 0 Å². The number of nitrogens with zero attached hydrogens (tertiary/aromatic N) is 1. The van der Waals surface area contributed by atoms with Crippen molar-refractivity contribution >= 4 is 16.9 Å². The fraction of sp³-hybridized carbons (Fsp3) is 0.200. The van der Waals surface area contributed by atoms with Crippen LogP contribution in [0.1, 0.15) is 16.1 Å². The van der Waals surface area contributed by atoms with Crippen LogP contribution in [0.5, 0.6) is 0 Å². The van der Waals surface area contributed by atoms with Crippen LogP contribution in [0.3, 0.4) is 0 Å². The Bertz CT molecular complexity index is 607. The van der Waals surface area contributed by atoms with E-state index >= 15 is 0 Å². The summed E-state index contributed by atoms with van der Waals surface area (Å²) in [6, 6.07) is 9.16. The van der Waals surface area contributed by atoms with Crippen molar-refractivity contribution in [2.75, 3.05) is 13.2 Å². The summed E-state index contributed by atoms with van der Waals surface area (Å²) in [5.41, 5.74) is 2.33. The summed E-state index contributed by atoms with van der Waals surface area (Å²) in [7, 11) is 0. The first-order valence-electron chi connectivity index (χ1n) is 5.98. The van der Waals surface area contributed by atoms with Crippen molar-refractivity contribution in [3.8, 4) is 0 Å². The van der Waals surface area contributed by atoms with E-state index in [4.69, 9.17) is 9.47 Å². The predicted molar refractivity (Wildman–Crippen MR) is 72.9 cm³/mol. The molecule has 0 N–H and O–H groups in total. The van der Waals surface area contributed by atoms with Gasteiger partial charge in [-0.05, 0) is 31.2 Å². The summed E-state index contributed by atoms with van der Waals surface area (Å²) < 4.78 is 9.95. The van der Waals surface area contributed by atoms with Gasteiger partial charge in [0.05, 0.1) is 17.3 Å². The molecular weight excluding hydrogens is 242 g/mol. The lowest BCUT2D eigenvalue weighted by molar-refractivity contribution is 0.0421. The topological polar surface area (TPSA) is 48.4 Å². The van der Waals surface area contributed by atoms with Crippen molar-refractivity contribution in [3.63, 3.8) is 0 Å². The summed E-state index contributed by atoms with van der Waals surface area (Å²) in [6.07, 6.45) is 1.32. The molecule has 0 bridgehead atoms. The molecular formula is C15H15NO3. The van der Waals surface area contributed by atoms with Crippen LogP contribution in [0.15, 0.2) is 43.2 Å². The van der Waals surface area contributed by atoms with Crippen molar-refractivity contribution in [3.05, 3.63) is 54.4 Å². The number of esters is 1. The van der Waals surface area contributed by atoms with Gasteiger partial charge in [0, 0.05) is 11.1 Å². The zero-order valence-electron chi connectivity index (χ0n) is 10.8.